The molecule has 1 aliphatic rings. The molecule has 1 aromatic carbocycles. The molecule has 0 unspecified atom stereocenters. The van der Waals surface area contributed by atoms with E-state index >= 15 is 0 Å². The summed E-state index contributed by atoms with van der Waals surface area (Å²) in [5, 5.41) is 20.9. The van der Waals surface area contributed by atoms with Gasteiger partial charge in [0.15, 0.2) is 11.0 Å². The fourth-order valence-corrected chi connectivity index (χ4v) is 3.75. The van der Waals surface area contributed by atoms with Crippen molar-refractivity contribution in [2.45, 2.75) is 36.2 Å². The lowest BCUT2D eigenvalue weighted by Crippen LogP contribution is -2.23. The number of nitrogens with zero attached hydrogens (tertiary/aromatic N) is 5. The van der Waals surface area contributed by atoms with Crippen LogP contribution in [0.2, 0.25) is 0 Å². The minimum Gasteiger partial charge on any atom is -0.325 e. The molecule has 140 valence electrons. The fraction of sp³-hybridized carbons (Fsp3) is 0.250. The Balaban J connectivity index is 1.51. The lowest BCUT2D eigenvalue weighted by Gasteiger charge is -2.13. The van der Waals surface area contributed by atoms with Crippen molar-refractivity contribution in [2.24, 2.45) is 0 Å². The number of thioether (sulfide) groups is 1. The van der Waals surface area contributed by atoms with Crippen LogP contribution >= 0.6 is 11.8 Å². The zero-order chi connectivity index (χ0) is 19.5. The van der Waals surface area contributed by atoms with Gasteiger partial charge < -0.3 is 5.32 Å². The Morgan fingerprint density at radius 2 is 2.18 bits per heavy atom. The SMILES string of the molecule is C[C@H](Sc1nnc(-c2cccnc2)n1C1CC1)C(=O)Nc1cccc(C#N)c1. The summed E-state index contributed by atoms with van der Waals surface area (Å²) in [5.74, 6) is 0.640. The van der Waals surface area contributed by atoms with Gasteiger partial charge in [-0.3, -0.25) is 14.3 Å². The number of hydrogen-bond acceptors (Lipinski definition) is 6. The molecule has 0 aliphatic heterocycles. The molecule has 1 fully saturated rings. The topological polar surface area (TPSA) is 96.5 Å². The molecule has 3 aromatic rings. The molecule has 28 heavy (non-hydrogen) atoms. The molecule has 0 radical (unpaired) electrons. The minimum atomic E-state index is -0.366. The lowest BCUT2D eigenvalue weighted by atomic mass is 10.2. The second-order valence-electron chi connectivity index (χ2n) is 6.59. The predicted molar refractivity (Wildman–Crippen MR) is 107 cm³/mol. The lowest BCUT2D eigenvalue weighted by molar-refractivity contribution is -0.115. The molecule has 0 saturated heterocycles. The van der Waals surface area contributed by atoms with Crippen molar-refractivity contribution in [3.05, 3.63) is 54.4 Å². The standard InChI is InChI=1S/C20H18N6OS/c1-13(19(27)23-16-6-2-4-14(10-16)11-21)28-20-25-24-18(26(20)17-7-8-17)15-5-3-9-22-12-15/h2-6,9-10,12-13,17H,7-8H2,1H3,(H,23,27)/t13-/m0/s1. The average Bonchev–Trinajstić information content (AvgIpc) is 3.48. The Morgan fingerprint density at radius 1 is 1.32 bits per heavy atom. The summed E-state index contributed by atoms with van der Waals surface area (Å²) in [6.07, 6.45) is 5.67. The summed E-state index contributed by atoms with van der Waals surface area (Å²) < 4.78 is 2.11. The van der Waals surface area contributed by atoms with Gasteiger partial charge in [0.1, 0.15) is 0 Å². The van der Waals surface area contributed by atoms with Crippen LogP contribution in [0.5, 0.6) is 0 Å². The van der Waals surface area contributed by atoms with E-state index in [9.17, 15) is 4.79 Å². The highest BCUT2D eigenvalue weighted by atomic mass is 32.2. The number of rotatable bonds is 6. The number of pyridine rings is 1. The number of aromatic nitrogens is 4. The van der Waals surface area contributed by atoms with Crippen LogP contribution in [0.1, 0.15) is 31.4 Å². The fourth-order valence-electron chi connectivity index (χ4n) is 2.83. The summed E-state index contributed by atoms with van der Waals surface area (Å²) >= 11 is 1.38. The van der Waals surface area contributed by atoms with Crippen molar-refractivity contribution < 1.29 is 4.79 Å². The number of amides is 1. The van der Waals surface area contributed by atoms with Gasteiger partial charge in [0.05, 0.1) is 16.9 Å². The second kappa shape index (κ2) is 7.82. The molecule has 0 spiro atoms. The van der Waals surface area contributed by atoms with E-state index in [2.05, 4.69) is 31.1 Å². The van der Waals surface area contributed by atoms with Gasteiger partial charge in [0, 0.05) is 29.7 Å². The monoisotopic (exact) mass is 390 g/mol. The smallest absolute Gasteiger partial charge is 0.237 e. The van der Waals surface area contributed by atoms with Gasteiger partial charge in [-0.25, -0.2) is 0 Å². The van der Waals surface area contributed by atoms with E-state index in [1.807, 2.05) is 19.1 Å². The van der Waals surface area contributed by atoms with Crippen LogP contribution in [0.15, 0.2) is 53.9 Å². The van der Waals surface area contributed by atoms with Gasteiger partial charge in [0.25, 0.3) is 0 Å². The van der Waals surface area contributed by atoms with E-state index in [0.717, 1.165) is 29.4 Å². The maximum absolute atomic E-state index is 12.6. The Bertz CT molecular complexity index is 1040. The highest BCUT2D eigenvalue weighted by molar-refractivity contribution is 8.00. The number of benzene rings is 1. The molecule has 7 nitrogen and oxygen atoms in total. The Labute approximate surface area is 166 Å². The zero-order valence-electron chi connectivity index (χ0n) is 15.2. The molecule has 2 heterocycles. The molecule has 1 amide bonds. The van der Waals surface area contributed by atoms with Crippen molar-refractivity contribution in [1.29, 1.82) is 5.26 Å². The molecule has 0 bridgehead atoms. The maximum atomic E-state index is 12.6. The number of carbonyl (C=O) groups excluding carboxylic acids is 1. The Morgan fingerprint density at radius 3 is 2.89 bits per heavy atom. The van der Waals surface area contributed by atoms with Gasteiger partial charge >= 0.3 is 0 Å². The van der Waals surface area contributed by atoms with Crippen LogP contribution in [0, 0.1) is 11.3 Å². The van der Waals surface area contributed by atoms with Crippen molar-refractivity contribution in [1.82, 2.24) is 19.7 Å². The first-order valence-corrected chi connectivity index (χ1v) is 9.86. The van der Waals surface area contributed by atoms with E-state index in [1.54, 1.807) is 36.7 Å². The molecular formula is C20H18N6OS. The van der Waals surface area contributed by atoms with Crippen LogP contribution in [0.4, 0.5) is 5.69 Å². The summed E-state index contributed by atoms with van der Waals surface area (Å²) in [6.45, 7) is 1.84. The second-order valence-corrected chi connectivity index (χ2v) is 7.90. The highest BCUT2D eigenvalue weighted by Gasteiger charge is 2.31. The molecule has 4 rings (SSSR count). The predicted octanol–water partition coefficient (Wildman–Crippen LogP) is 3.67. The van der Waals surface area contributed by atoms with E-state index in [-0.39, 0.29) is 11.2 Å². The Kier molecular flexibility index (Phi) is 5.08. The normalized spacial score (nSPS) is 14.3. The average molecular weight is 390 g/mol. The molecule has 1 aliphatic carbocycles. The van der Waals surface area contributed by atoms with Crippen molar-refractivity contribution in [3.63, 3.8) is 0 Å². The molecule has 1 N–H and O–H groups in total. The van der Waals surface area contributed by atoms with Crippen LogP contribution in [-0.2, 0) is 4.79 Å². The number of hydrogen-bond donors (Lipinski definition) is 1. The third kappa shape index (κ3) is 3.89. The quantitative estimate of drug-likeness (QED) is 0.645. The van der Waals surface area contributed by atoms with Crippen molar-refractivity contribution in [2.75, 3.05) is 5.32 Å². The summed E-state index contributed by atoms with van der Waals surface area (Å²) in [5.41, 5.74) is 2.03. The van der Waals surface area contributed by atoms with Gasteiger partial charge in [-0.1, -0.05) is 17.8 Å². The summed E-state index contributed by atoms with van der Waals surface area (Å²) in [4.78, 5) is 16.8. The molecular weight excluding hydrogens is 372 g/mol. The first kappa shape index (κ1) is 18.2. The molecule has 1 atom stereocenters. The van der Waals surface area contributed by atoms with Gasteiger partial charge in [-0.2, -0.15) is 5.26 Å². The highest BCUT2D eigenvalue weighted by Crippen LogP contribution is 2.41. The van der Waals surface area contributed by atoms with E-state index in [4.69, 9.17) is 5.26 Å². The molecule has 8 heteroatoms. The van der Waals surface area contributed by atoms with Gasteiger partial charge in [-0.05, 0) is 50.1 Å². The van der Waals surface area contributed by atoms with Gasteiger partial charge in [0.2, 0.25) is 5.91 Å². The first-order chi connectivity index (χ1) is 13.7. The van der Waals surface area contributed by atoms with Crippen LogP contribution in [0.3, 0.4) is 0 Å². The number of nitrogens with one attached hydrogen (secondary N) is 1. The van der Waals surface area contributed by atoms with Crippen molar-refractivity contribution >= 4 is 23.4 Å². The van der Waals surface area contributed by atoms with Gasteiger partial charge in [-0.15, -0.1) is 10.2 Å². The van der Waals surface area contributed by atoms with Crippen LogP contribution < -0.4 is 5.32 Å². The first-order valence-electron chi connectivity index (χ1n) is 8.98. The van der Waals surface area contributed by atoms with E-state index in [1.165, 1.54) is 11.8 Å². The Hall–Kier alpha value is -3.18. The number of carbonyl (C=O) groups is 1. The number of nitriles is 1. The third-order valence-corrected chi connectivity index (χ3v) is 5.46. The van der Waals surface area contributed by atoms with Crippen LogP contribution in [-0.4, -0.2) is 30.9 Å². The summed E-state index contributed by atoms with van der Waals surface area (Å²) in [6, 6.07) is 13.1. The maximum Gasteiger partial charge on any atom is 0.237 e. The van der Waals surface area contributed by atoms with Crippen LogP contribution in [0.25, 0.3) is 11.4 Å². The number of anilines is 1. The van der Waals surface area contributed by atoms with Crippen molar-refractivity contribution in [3.8, 4) is 17.5 Å². The zero-order valence-corrected chi connectivity index (χ0v) is 16.1. The largest absolute Gasteiger partial charge is 0.325 e. The van der Waals surface area contributed by atoms with E-state index < -0.39 is 0 Å². The summed E-state index contributed by atoms with van der Waals surface area (Å²) in [7, 11) is 0. The molecule has 2 aromatic heterocycles. The molecule has 1 saturated carbocycles. The van der Waals surface area contributed by atoms with E-state index in [0.29, 0.717) is 17.3 Å². The third-order valence-electron chi connectivity index (χ3n) is 4.41. The minimum absolute atomic E-state index is 0.145.